The molecule has 0 bridgehead atoms. The Balaban J connectivity index is 2.85. The van der Waals surface area contributed by atoms with Crippen molar-refractivity contribution < 1.29 is 17.9 Å². The van der Waals surface area contributed by atoms with Gasteiger partial charge in [-0.2, -0.15) is 0 Å². The highest BCUT2D eigenvalue weighted by atomic mass is 32.2. The molecule has 0 spiro atoms. The molecular weight excluding hydrogens is 232 g/mol. The molecule has 7 heteroatoms. The van der Waals surface area contributed by atoms with Crippen LogP contribution in [-0.4, -0.2) is 39.9 Å². The fourth-order valence-corrected chi connectivity index (χ4v) is 1.98. The Morgan fingerprint density at radius 1 is 1.50 bits per heavy atom. The van der Waals surface area contributed by atoms with Gasteiger partial charge in [0.25, 0.3) is 10.0 Å². The van der Waals surface area contributed by atoms with Crippen LogP contribution in [0.3, 0.4) is 0 Å². The molecular formula is C9H12N2O4S. The second-order valence-corrected chi connectivity index (χ2v) is 4.62. The number of nitrogens with one attached hydrogen (secondary N) is 1. The molecule has 16 heavy (non-hydrogen) atoms. The quantitative estimate of drug-likeness (QED) is 0.554. The van der Waals surface area contributed by atoms with Crippen LogP contribution in [0.25, 0.3) is 0 Å². The van der Waals surface area contributed by atoms with Crippen LogP contribution in [0.1, 0.15) is 10.5 Å². The van der Waals surface area contributed by atoms with Gasteiger partial charge in [-0.3, -0.25) is 4.79 Å². The Hall–Kier alpha value is -1.31. The molecule has 1 aromatic rings. The van der Waals surface area contributed by atoms with E-state index in [9.17, 15) is 13.2 Å². The molecule has 0 aromatic carbocycles. The van der Waals surface area contributed by atoms with Crippen molar-refractivity contribution >= 4 is 16.3 Å². The molecule has 1 aromatic heterocycles. The average Bonchev–Trinajstić information content (AvgIpc) is 2.29. The maximum Gasteiger partial charge on any atom is 0.258 e. The van der Waals surface area contributed by atoms with Gasteiger partial charge in [-0.15, -0.1) is 0 Å². The minimum Gasteiger partial charge on any atom is -0.383 e. The molecule has 1 N–H and O–H groups in total. The van der Waals surface area contributed by atoms with E-state index < -0.39 is 10.0 Å². The SMILES string of the molecule is COCCNS(=O)(=O)c1cccc(C=O)n1. The number of hydrogen-bond acceptors (Lipinski definition) is 5. The summed E-state index contributed by atoms with van der Waals surface area (Å²) in [5.41, 5.74) is 0.0783. The molecule has 6 nitrogen and oxygen atoms in total. The first-order valence-corrected chi connectivity index (χ1v) is 5.99. The summed E-state index contributed by atoms with van der Waals surface area (Å²) in [5, 5.41) is -0.173. The number of hydrogen-bond donors (Lipinski definition) is 1. The summed E-state index contributed by atoms with van der Waals surface area (Å²) >= 11 is 0. The van der Waals surface area contributed by atoms with E-state index in [1.165, 1.54) is 25.3 Å². The minimum absolute atomic E-state index is 0.0783. The zero-order valence-electron chi connectivity index (χ0n) is 8.71. The first-order valence-electron chi connectivity index (χ1n) is 4.51. The molecule has 0 aliphatic heterocycles. The average molecular weight is 244 g/mol. The van der Waals surface area contributed by atoms with Crippen molar-refractivity contribution in [3.8, 4) is 0 Å². The summed E-state index contributed by atoms with van der Waals surface area (Å²) in [6.45, 7) is 0.429. The van der Waals surface area contributed by atoms with Crippen LogP contribution in [0.15, 0.2) is 23.2 Å². The predicted octanol–water partition coefficient (Wildman–Crippen LogP) is -0.181. The second kappa shape index (κ2) is 5.69. The lowest BCUT2D eigenvalue weighted by molar-refractivity contribution is 0.111. The zero-order chi connectivity index (χ0) is 12.0. The topological polar surface area (TPSA) is 85.4 Å². The summed E-state index contributed by atoms with van der Waals surface area (Å²) < 4.78 is 30.3. The highest BCUT2D eigenvalue weighted by molar-refractivity contribution is 7.89. The highest BCUT2D eigenvalue weighted by Gasteiger charge is 2.14. The summed E-state index contributed by atoms with van der Waals surface area (Å²) in [5.74, 6) is 0. The first kappa shape index (κ1) is 12.8. The van der Waals surface area contributed by atoms with Crippen molar-refractivity contribution in [2.75, 3.05) is 20.3 Å². The molecule has 0 radical (unpaired) electrons. The number of methoxy groups -OCH3 is 1. The van der Waals surface area contributed by atoms with Gasteiger partial charge in [0.1, 0.15) is 5.69 Å². The monoisotopic (exact) mass is 244 g/mol. The Kier molecular flexibility index (Phi) is 4.53. The van der Waals surface area contributed by atoms with Crippen molar-refractivity contribution in [1.29, 1.82) is 0 Å². The smallest absolute Gasteiger partial charge is 0.258 e. The van der Waals surface area contributed by atoms with Gasteiger partial charge < -0.3 is 4.74 Å². The molecule has 0 saturated carbocycles. The molecule has 0 aliphatic carbocycles. The van der Waals surface area contributed by atoms with Gasteiger partial charge in [0.15, 0.2) is 11.3 Å². The van der Waals surface area contributed by atoms with E-state index in [-0.39, 0.29) is 23.9 Å². The number of sulfonamides is 1. The van der Waals surface area contributed by atoms with Crippen LogP contribution in [-0.2, 0) is 14.8 Å². The maximum atomic E-state index is 11.6. The van der Waals surface area contributed by atoms with Crippen LogP contribution in [0.4, 0.5) is 0 Å². The summed E-state index contributed by atoms with van der Waals surface area (Å²) in [6.07, 6.45) is 0.494. The van der Waals surface area contributed by atoms with Crippen molar-refractivity contribution in [3.63, 3.8) is 0 Å². The molecule has 0 atom stereocenters. The van der Waals surface area contributed by atoms with E-state index in [0.29, 0.717) is 6.29 Å². The number of carbonyl (C=O) groups excluding carboxylic acids is 1. The lowest BCUT2D eigenvalue weighted by Gasteiger charge is -2.05. The van der Waals surface area contributed by atoms with Crippen LogP contribution in [0.5, 0.6) is 0 Å². The normalized spacial score (nSPS) is 11.3. The number of carbonyl (C=O) groups is 1. The largest absolute Gasteiger partial charge is 0.383 e. The van der Waals surface area contributed by atoms with Crippen LogP contribution in [0, 0.1) is 0 Å². The Morgan fingerprint density at radius 3 is 2.88 bits per heavy atom. The van der Waals surface area contributed by atoms with Crippen molar-refractivity contribution in [2.45, 2.75) is 5.03 Å². The summed E-state index contributed by atoms with van der Waals surface area (Å²) in [4.78, 5) is 14.1. The van der Waals surface area contributed by atoms with E-state index in [1.54, 1.807) is 0 Å². The Morgan fingerprint density at radius 2 is 2.25 bits per heavy atom. The molecule has 0 fully saturated rings. The lowest BCUT2D eigenvalue weighted by Crippen LogP contribution is -2.28. The molecule has 0 amide bonds. The highest BCUT2D eigenvalue weighted by Crippen LogP contribution is 2.04. The van der Waals surface area contributed by atoms with Gasteiger partial charge in [-0.25, -0.2) is 18.1 Å². The third kappa shape index (κ3) is 3.37. The fraction of sp³-hybridized carbons (Fsp3) is 0.333. The fourth-order valence-electron chi connectivity index (χ4n) is 0.998. The molecule has 0 saturated heterocycles. The summed E-state index contributed by atoms with van der Waals surface area (Å²) in [7, 11) is -2.19. The number of pyridine rings is 1. The van der Waals surface area contributed by atoms with Gasteiger partial charge in [0.2, 0.25) is 0 Å². The Labute approximate surface area is 93.7 Å². The molecule has 0 unspecified atom stereocenters. The zero-order valence-corrected chi connectivity index (χ0v) is 9.53. The number of nitrogens with zero attached hydrogens (tertiary/aromatic N) is 1. The van der Waals surface area contributed by atoms with Crippen LogP contribution >= 0.6 is 0 Å². The van der Waals surface area contributed by atoms with E-state index in [1.807, 2.05) is 0 Å². The standard InChI is InChI=1S/C9H12N2O4S/c1-15-6-5-10-16(13,14)9-4-2-3-8(7-12)11-9/h2-4,7,10H,5-6H2,1H3. The van der Waals surface area contributed by atoms with Crippen molar-refractivity contribution in [2.24, 2.45) is 0 Å². The van der Waals surface area contributed by atoms with E-state index in [2.05, 4.69) is 9.71 Å². The van der Waals surface area contributed by atoms with E-state index in [0.717, 1.165) is 0 Å². The van der Waals surface area contributed by atoms with Crippen molar-refractivity contribution in [1.82, 2.24) is 9.71 Å². The lowest BCUT2D eigenvalue weighted by atomic mass is 10.4. The number of aldehydes is 1. The molecule has 1 heterocycles. The third-order valence-electron chi connectivity index (χ3n) is 1.74. The molecule has 88 valence electrons. The van der Waals surface area contributed by atoms with E-state index >= 15 is 0 Å². The van der Waals surface area contributed by atoms with Crippen LogP contribution < -0.4 is 4.72 Å². The van der Waals surface area contributed by atoms with Crippen molar-refractivity contribution in [3.05, 3.63) is 23.9 Å². The molecule has 0 aliphatic rings. The number of rotatable bonds is 6. The second-order valence-electron chi connectivity index (χ2n) is 2.91. The summed E-state index contributed by atoms with van der Waals surface area (Å²) in [6, 6.07) is 4.21. The predicted molar refractivity (Wildman–Crippen MR) is 56.7 cm³/mol. The number of ether oxygens (including phenoxy) is 1. The minimum atomic E-state index is -3.67. The van der Waals surface area contributed by atoms with Gasteiger partial charge in [0.05, 0.1) is 6.61 Å². The molecule has 1 rings (SSSR count). The maximum absolute atomic E-state index is 11.6. The van der Waals surface area contributed by atoms with E-state index in [4.69, 9.17) is 4.74 Å². The van der Waals surface area contributed by atoms with Gasteiger partial charge in [-0.05, 0) is 12.1 Å². The third-order valence-corrected chi connectivity index (χ3v) is 3.10. The Bertz CT molecular complexity index is 458. The van der Waals surface area contributed by atoms with Gasteiger partial charge in [-0.1, -0.05) is 6.07 Å². The van der Waals surface area contributed by atoms with Gasteiger partial charge in [0, 0.05) is 13.7 Å². The van der Waals surface area contributed by atoms with Gasteiger partial charge >= 0.3 is 0 Å². The first-order chi connectivity index (χ1) is 7.60. The van der Waals surface area contributed by atoms with Crippen LogP contribution in [0.2, 0.25) is 0 Å². The number of aromatic nitrogens is 1.